The van der Waals surface area contributed by atoms with Crippen molar-refractivity contribution in [2.24, 2.45) is 0 Å². The van der Waals surface area contributed by atoms with Gasteiger partial charge in [-0.3, -0.25) is 4.79 Å². The number of benzene rings is 3. The standard InChI is InChI=1S/C22H20ClNO/c1-2-17-8-12-20(13-9-17)24(16-23)21-14-10-19(11-15-21)22(25)18-6-4-3-5-7-18/h3-15H,2,16H2,1H3. The Kier molecular flexibility index (Phi) is 5.52. The lowest BCUT2D eigenvalue weighted by Crippen LogP contribution is -2.14. The number of halogens is 1. The molecule has 0 atom stereocenters. The van der Waals surface area contributed by atoms with Gasteiger partial charge in [-0.05, 0) is 48.4 Å². The van der Waals surface area contributed by atoms with Gasteiger partial charge in [-0.15, -0.1) is 11.6 Å². The number of carbonyl (C=O) groups is 1. The highest BCUT2D eigenvalue weighted by atomic mass is 35.5. The molecule has 0 aliphatic carbocycles. The van der Waals surface area contributed by atoms with E-state index in [1.807, 2.05) is 59.5 Å². The van der Waals surface area contributed by atoms with Gasteiger partial charge in [-0.25, -0.2) is 0 Å². The summed E-state index contributed by atoms with van der Waals surface area (Å²) in [5.74, 6) is 0.0249. The average molecular weight is 350 g/mol. The Hall–Kier alpha value is -2.58. The molecule has 0 saturated carbocycles. The molecule has 0 saturated heterocycles. The lowest BCUT2D eigenvalue weighted by atomic mass is 10.0. The number of anilines is 2. The molecule has 0 aliphatic heterocycles. The molecule has 0 N–H and O–H groups in total. The molecule has 0 aromatic heterocycles. The Bertz CT molecular complexity index is 826. The Morgan fingerprint density at radius 1 is 0.800 bits per heavy atom. The molecule has 2 nitrogen and oxygen atoms in total. The molecular weight excluding hydrogens is 330 g/mol. The maximum absolute atomic E-state index is 12.5. The molecule has 0 amide bonds. The average Bonchev–Trinajstić information content (AvgIpc) is 2.70. The second-order valence-electron chi connectivity index (χ2n) is 5.81. The fourth-order valence-corrected chi connectivity index (χ4v) is 3.02. The summed E-state index contributed by atoms with van der Waals surface area (Å²) in [7, 11) is 0. The predicted octanol–water partition coefficient (Wildman–Crippen LogP) is 5.81. The summed E-state index contributed by atoms with van der Waals surface area (Å²) in [6, 6.07) is 25.6. The lowest BCUT2D eigenvalue weighted by Gasteiger charge is -2.22. The fourth-order valence-electron chi connectivity index (χ4n) is 2.75. The van der Waals surface area contributed by atoms with E-state index < -0.39 is 0 Å². The van der Waals surface area contributed by atoms with Crippen LogP contribution in [0.15, 0.2) is 78.9 Å². The van der Waals surface area contributed by atoms with E-state index in [1.54, 1.807) is 0 Å². The predicted molar refractivity (Wildman–Crippen MR) is 105 cm³/mol. The summed E-state index contributed by atoms with van der Waals surface area (Å²) in [6.07, 6.45) is 1.01. The minimum absolute atomic E-state index is 0.0249. The molecule has 0 unspecified atom stereocenters. The van der Waals surface area contributed by atoms with Crippen molar-refractivity contribution in [3.05, 3.63) is 95.6 Å². The van der Waals surface area contributed by atoms with Crippen LogP contribution in [-0.4, -0.2) is 11.8 Å². The van der Waals surface area contributed by atoms with Crippen molar-refractivity contribution in [1.82, 2.24) is 0 Å². The number of aryl methyl sites for hydroxylation is 1. The van der Waals surface area contributed by atoms with Crippen molar-refractivity contribution in [3.8, 4) is 0 Å². The monoisotopic (exact) mass is 349 g/mol. The molecule has 0 heterocycles. The summed E-state index contributed by atoms with van der Waals surface area (Å²) in [5.41, 5.74) is 4.66. The summed E-state index contributed by atoms with van der Waals surface area (Å²) in [4.78, 5) is 14.5. The highest BCUT2D eigenvalue weighted by molar-refractivity contribution is 6.19. The van der Waals surface area contributed by atoms with Crippen LogP contribution < -0.4 is 4.90 Å². The van der Waals surface area contributed by atoms with Crippen molar-refractivity contribution in [1.29, 1.82) is 0 Å². The van der Waals surface area contributed by atoms with E-state index in [0.29, 0.717) is 17.1 Å². The number of hydrogen-bond donors (Lipinski definition) is 0. The third-order valence-corrected chi connectivity index (χ3v) is 4.49. The van der Waals surface area contributed by atoms with Gasteiger partial charge in [0, 0.05) is 22.5 Å². The zero-order chi connectivity index (χ0) is 17.6. The van der Waals surface area contributed by atoms with Gasteiger partial charge in [0.25, 0.3) is 0 Å². The van der Waals surface area contributed by atoms with Crippen LogP contribution in [-0.2, 0) is 6.42 Å². The fraction of sp³-hybridized carbons (Fsp3) is 0.136. The molecule has 25 heavy (non-hydrogen) atoms. The first-order valence-corrected chi connectivity index (χ1v) is 8.88. The Labute approximate surface area is 153 Å². The van der Waals surface area contributed by atoms with Gasteiger partial charge >= 0.3 is 0 Å². The first-order chi connectivity index (χ1) is 12.2. The van der Waals surface area contributed by atoms with Crippen molar-refractivity contribution >= 4 is 28.8 Å². The molecule has 3 aromatic carbocycles. The Morgan fingerprint density at radius 2 is 1.32 bits per heavy atom. The molecule has 0 bridgehead atoms. The highest BCUT2D eigenvalue weighted by Crippen LogP contribution is 2.27. The second-order valence-corrected chi connectivity index (χ2v) is 6.05. The largest absolute Gasteiger partial charge is 0.327 e. The van der Waals surface area contributed by atoms with Crippen LogP contribution in [0.25, 0.3) is 0 Å². The van der Waals surface area contributed by atoms with Crippen LogP contribution >= 0.6 is 11.6 Å². The smallest absolute Gasteiger partial charge is 0.193 e. The zero-order valence-electron chi connectivity index (χ0n) is 14.2. The third kappa shape index (κ3) is 3.92. The Balaban J connectivity index is 1.83. The van der Waals surface area contributed by atoms with Crippen LogP contribution in [0.5, 0.6) is 0 Å². The minimum Gasteiger partial charge on any atom is -0.327 e. The third-order valence-electron chi connectivity index (χ3n) is 4.25. The van der Waals surface area contributed by atoms with Crippen LogP contribution in [0, 0.1) is 0 Å². The van der Waals surface area contributed by atoms with Gasteiger partial charge in [0.1, 0.15) is 0 Å². The van der Waals surface area contributed by atoms with E-state index in [-0.39, 0.29) is 5.78 Å². The van der Waals surface area contributed by atoms with E-state index >= 15 is 0 Å². The van der Waals surface area contributed by atoms with Crippen LogP contribution in [0.3, 0.4) is 0 Å². The molecule has 0 radical (unpaired) electrons. The van der Waals surface area contributed by atoms with Crippen molar-refractivity contribution in [3.63, 3.8) is 0 Å². The minimum atomic E-state index is 0.0249. The number of hydrogen-bond acceptors (Lipinski definition) is 2. The Morgan fingerprint density at radius 3 is 1.84 bits per heavy atom. The van der Waals surface area contributed by atoms with Crippen molar-refractivity contribution < 1.29 is 4.79 Å². The zero-order valence-corrected chi connectivity index (χ0v) is 14.9. The molecule has 0 spiro atoms. The van der Waals surface area contributed by atoms with Crippen LogP contribution in [0.1, 0.15) is 28.4 Å². The normalized spacial score (nSPS) is 10.5. The number of rotatable bonds is 6. The maximum atomic E-state index is 12.5. The lowest BCUT2D eigenvalue weighted by molar-refractivity contribution is 0.103. The van der Waals surface area contributed by atoms with Crippen molar-refractivity contribution in [2.75, 3.05) is 10.9 Å². The topological polar surface area (TPSA) is 20.3 Å². The molecular formula is C22H20ClNO. The molecule has 3 heteroatoms. The first kappa shape index (κ1) is 17.2. The van der Waals surface area contributed by atoms with E-state index in [0.717, 1.165) is 17.8 Å². The van der Waals surface area contributed by atoms with Crippen molar-refractivity contribution in [2.45, 2.75) is 13.3 Å². The summed E-state index contributed by atoms with van der Waals surface area (Å²) in [5, 5.41) is 0. The summed E-state index contributed by atoms with van der Waals surface area (Å²) in [6.45, 7) is 2.14. The second kappa shape index (κ2) is 8.00. The first-order valence-electron chi connectivity index (χ1n) is 8.35. The number of carbonyl (C=O) groups excluding carboxylic acids is 1. The summed E-state index contributed by atoms with van der Waals surface area (Å²) < 4.78 is 0. The van der Waals surface area contributed by atoms with Crippen LogP contribution in [0.4, 0.5) is 11.4 Å². The van der Waals surface area contributed by atoms with Gasteiger partial charge in [0.15, 0.2) is 5.78 Å². The van der Waals surface area contributed by atoms with Gasteiger partial charge in [-0.1, -0.05) is 49.4 Å². The van der Waals surface area contributed by atoms with Gasteiger partial charge in [0.2, 0.25) is 0 Å². The number of nitrogens with zero attached hydrogens (tertiary/aromatic N) is 1. The van der Waals surface area contributed by atoms with Crippen LogP contribution in [0.2, 0.25) is 0 Å². The van der Waals surface area contributed by atoms with E-state index in [9.17, 15) is 4.79 Å². The summed E-state index contributed by atoms with van der Waals surface area (Å²) >= 11 is 6.17. The van der Waals surface area contributed by atoms with Gasteiger partial charge < -0.3 is 4.90 Å². The van der Waals surface area contributed by atoms with E-state index in [2.05, 4.69) is 31.2 Å². The highest BCUT2D eigenvalue weighted by Gasteiger charge is 2.11. The molecule has 0 fully saturated rings. The SMILES string of the molecule is CCc1ccc(N(CCl)c2ccc(C(=O)c3ccccc3)cc2)cc1. The molecule has 3 rings (SSSR count). The van der Waals surface area contributed by atoms with Gasteiger partial charge in [0.05, 0.1) is 6.00 Å². The molecule has 0 aliphatic rings. The van der Waals surface area contributed by atoms with E-state index in [1.165, 1.54) is 5.56 Å². The number of ketones is 1. The van der Waals surface area contributed by atoms with Gasteiger partial charge in [-0.2, -0.15) is 0 Å². The number of alkyl halides is 1. The quantitative estimate of drug-likeness (QED) is 0.318. The van der Waals surface area contributed by atoms with E-state index in [4.69, 9.17) is 11.6 Å². The maximum Gasteiger partial charge on any atom is 0.193 e. The molecule has 126 valence electrons. The molecule has 3 aromatic rings.